The molecule has 96 valence electrons. The fourth-order valence-electron chi connectivity index (χ4n) is 2.22. The van der Waals surface area contributed by atoms with Gasteiger partial charge < -0.3 is 5.32 Å². The fraction of sp³-hybridized carbons (Fsp3) is 0.429. The maximum atomic E-state index is 12.0. The monoisotopic (exact) mass is 265 g/mol. The molecule has 0 spiro atoms. The minimum absolute atomic E-state index is 0.106. The first kappa shape index (κ1) is 13.1. The summed E-state index contributed by atoms with van der Waals surface area (Å²) in [5.41, 5.74) is 1.54. The van der Waals surface area contributed by atoms with Crippen LogP contribution in [0.25, 0.3) is 0 Å². The number of aryl methyl sites for hydroxylation is 1. The van der Waals surface area contributed by atoms with E-state index in [1.807, 2.05) is 19.1 Å². The molecule has 0 unspecified atom stereocenters. The van der Waals surface area contributed by atoms with Crippen LogP contribution in [0.5, 0.6) is 0 Å². The number of Topliss-reactive ketones (excluding diaryl/α,β-unsaturated/α-hetero) is 1. The van der Waals surface area contributed by atoms with Gasteiger partial charge >= 0.3 is 0 Å². The lowest BCUT2D eigenvalue weighted by molar-refractivity contribution is -0.120. The summed E-state index contributed by atoms with van der Waals surface area (Å²) in [6.45, 7) is 1.90. The molecule has 1 N–H and O–H groups in total. The third-order valence-corrected chi connectivity index (χ3v) is 3.40. The van der Waals surface area contributed by atoms with Gasteiger partial charge in [-0.25, -0.2) is 0 Å². The molecule has 1 aliphatic carbocycles. The molecule has 2 rings (SSSR count). The van der Waals surface area contributed by atoms with Crippen LogP contribution in [0.15, 0.2) is 18.2 Å². The summed E-state index contributed by atoms with van der Waals surface area (Å²) in [5, 5.41) is 3.53. The van der Waals surface area contributed by atoms with Gasteiger partial charge in [0.15, 0.2) is 0 Å². The van der Waals surface area contributed by atoms with Gasteiger partial charge in [-0.15, -0.1) is 0 Å². The number of halogens is 1. The number of carbonyl (C=O) groups excluding carboxylic acids is 2. The van der Waals surface area contributed by atoms with E-state index in [9.17, 15) is 9.59 Å². The summed E-state index contributed by atoms with van der Waals surface area (Å²) >= 11 is 5.93. The van der Waals surface area contributed by atoms with Crippen LogP contribution in [-0.2, 0) is 4.79 Å². The summed E-state index contributed by atoms with van der Waals surface area (Å²) in [6, 6.07) is 5.40. The van der Waals surface area contributed by atoms with Gasteiger partial charge in [0, 0.05) is 29.5 Å². The topological polar surface area (TPSA) is 46.2 Å². The van der Waals surface area contributed by atoms with Crippen LogP contribution in [0.1, 0.15) is 41.6 Å². The maximum Gasteiger partial charge on any atom is 0.251 e. The van der Waals surface area contributed by atoms with Gasteiger partial charge in [0.05, 0.1) is 0 Å². The molecule has 1 aromatic rings. The molecule has 0 aromatic heterocycles. The SMILES string of the molecule is Cc1cc(Cl)cc(C(=O)NC2CCC(=O)CC2)c1. The Balaban J connectivity index is 2.01. The Morgan fingerprint density at radius 3 is 2.56 bits per heavy atom. The first-order chi connectivity index (χ1) is 8.54. The minimum atomic E-state index is -0.111. The summed E-state index contributed by atoms with van der Waals surface area (Å²) in [7, 11) is 0. The number of ketones is 1. The normalized spacial score (nSPS) is 16.7. The lowest BCUT2D eigenvalue weighted by atomic mass is 9.94. The lowest BCUT2D eigenvalue weighted by Gasteiger charge is -2.22. The van der Waals surface area contributed by atoms with Crippen molar-refractivity contribution in [1.29, 1.82) is 0 Å². The lowest BCUT2D eigenvalue weighted by Crippen LogP contribution is -2.37. The Labute approximate surface area is 112 Å². The zero-order valence-corrected chi connectivity index (χ0v) is 11.1. The van der Waals surface area contributed by atoms with E-state index >= 15 is 0 Å². The van der Waals surface area contributed by atoms with Crippen molar-refractivity contribution < 1.29 is 9.59 Å². The highest BCUT2D eigenvalue weighted by Gasteiger charge is 2.20. The Morgan fingerprint density at radius 2 is 1.94 bits per heavy atom. The van der Waals surface area contributed by atoms with Crippen molar-refractivity contribution in [3.8, 4) is 0 Å². The van der Waals surface area contributed by atoms with E-state index in [0.29, 0.717) is 29.2 Å². The quantitative estimate of drug-likeness (QED) is 0.894. The Bertz CT molecular complexity index is 454. The Morgan fingerprint density at radius 1 is 1.28 bits per heavy atom. The van der Waals surface area contributed by atoms with Crippen LogP contribution in [0.2, 0.25) is 5.02 Å². The highest BCUT2D eigenvalue weighted by Crippen LogP contribution is 2.17. The molecule has 1 saturated carbocycles. The molecule has 3 nitrogen and oxygen atoms in total. The van der Waals surface area contributed by atoms with E-state index in [2.05, 4.69) is 5.32 Å². The molecule has 0 radical (unpaired) electrons. The van der Waals surface area contributed by atoms with Gasteiger partial charge in [-0.2, -0.15) is 0 Å². The Kier molecular flexibility index (Phi) is 4.02. The van der Waals surface area contributed by atoms with Crippen molar-refractivity contribution in [2.45, 2.75) is 38.6 Å². The van der Waals surface area contributed by atoms with Crippen LogP contribution in [-0.4, -0.2) is 17.7 Å². The summed E-state index contributed by atoms with van der Waals surface area (Å²) in [6.07, 6.45) is 2.62. The second kappa shape index (κ2) is 5.53. The van der Waals surface area contributed by atoms with Gasteiger partial charge in [-0.05, 0) is 43.5 Å². The number of amides is 1. The second-order valence-corrected chi connectivity index (χ2v) is 5.24. The minimum Gasteiger partial charge on any atom is -0.349 e. The van der Waals surface area contributed by atoms with Crippen LogP contribution in [0, 0.1) is 6.92 Å². The zero-order valence-electron chi connectivity index (χ0n) is 10.3. The molecule has 0 atom stereocenters. The predicted molar refractivity (Wildman–Crippen MR) is 70.9 cm³/mol. The highest BCUT2D eigenvalue weighted by molar-refractivity contribution is 6.31. The van der Waals surface area contributed by atoms with Gasteiger partial charge in [0.2, 0.25) is 0 Å². The van der Waals surface area contributed by atoms with E-state index in [4.69, 9.17) is 11.6 Å². The number of carbonyl (C=O) groups is 2. The van der Waals surface area contributed by atoms with Gasteiger partial charge in [-0.3, -0.25) is 9.59 Å². The Hall–Kier alpha value is -1.35. The second-order valence-electron chi connectivity index (χ2n) is 4.80. The third-order valence-electron chi connectivity index (χ3n) is 3.18. The van der Waals surface area contributed by atoms with Gasteiger partial charge in [0.25, 0.3) is 5.91 Å². The molecule has 18 heavy (non-hydrogen) atoms. The molecule has 4 heteroatoms. The molecule has 1 fully saturated rings. The molecule has 0 bridgehead atoms. The molecule has 1 aromatic carbocycles. The molecule has 0 heterocycles. The summed E-state index contributed by atoms with van der Waals surface area (Å²) < 4.78 is 0. The van der Waals surface area contributed by atoms with Crippen LogP contribution in [0.4, 0.5) is 0 Å². The summed E-state index contributed by atoms with van der Waals surface area (Å²) in [5.74, 6) is 0.180. The molecular formula is C14H16ClNO2. The molecule has 1 amide bonds. The van der Waals surface area contributed by atoms with Gasteiger partial charge in [0.1, 0.15) is 5.78 Å². The predicted octanol–water partition coefficient (Wildman–Crippen LogP) is 2.89. The van der Waals surface area contributed by atoms with Crippen LogP contribution in [0.3, 0.4) is 0 Å². The highest BCUT2D eigenvalue weighted by atomic mass is 35.5. The number of hydrogen-bond donors (Lipinski definition) is 1. The van der Waals surface area contributed by atoms with Crippen molar-refractivity contribution in [3.05, 3.63) is 34.3 Å². The van der Waals surface area contributed by atoms with E-state index in [-0.39, 0.29) is 11.9 Å². The molecular weight excluding hydrogens is 250 g/mol. The van der Waals surface area contributed by atoms with E-state index in [0.717, 1.165) is 18.4 Å². The zero-order chi connectivity index (χ0) is 13.1. The third kappa shape index (κ3) is 3.33. The van der Waals surface area contributed by atoms with Crippen molar-refractivity contribution in [1.82, 2.24) is 5.32 Å². The van der Waals surface area contributed by atoms with Crippen molar-refractivity contribution in [2.24, 2.45) is 0 Å². The number of nitrogens with one attached hydrogen (secondary N) is 1. The average molecular weight is 266 g/mol. The van der Waals surface area contributed by atoms with Crippen LogP contribution < -0.4 is 5.32 Å². The average Bonchev–Trinajstić information content (AvgIpc) is 2.31. The standard InChI is InChI=1S/C14H16ClNO2/c1-9-6-10(8-11(15)7-9)14(18)16-12-2-4-13(17)5-3-12/h6-8,12H,2-5H2,1H3,(H,16,18). The summed E-state index contributed by atoms with van der Waals surface area (Å²) in [4.78, 5) is 23.2. The van der Waals surface area contributed by atoms with E-state index in [1.165, 1.54) is 0 Å². The van der Waals surface area contributed by atoms with Gasteiger partial charge in [-0.1, -0.05) is 11.6 Å². The first-order valence-corrected chi connectivity index (χ1v) is 6.52. The van der Waals surface area contributed by atoms with Crippen molar-refractivity contribution >= 4 is 23.3 Å². The number of hydrogen-bond acceptors (Lipinski definition) is 2. The van der Waals surface area contributed by atoms with Crippen LogP contribution >= 0.6 is 11.6 Å². The smallest absolute Gasteiger partial charge is 0.251 e. The van der Waals surface area contributed by atoms with Crippen molar-refractivity contribution in [3.63, 3.8) is 0 Å². The number of rotatable bonds is 2. The van der Waals surface area contributed by atoms with E-state index < -0.39 is 0 Å². The fourth-order valence-corrected chi connectivity index (χ4v) is 2.51. The van der Waals surface area contributed by atoms with Crippen molar-refractivity contribution in [2.75, 3.05) is 0 Å². The maximum absolute atomic E-state index is 12.0. The molecule has 0 saturated heterocycles. The molecule has 1 aliphatic rings. The largest absolute Gasteiger partial charge is 0.349 e. The molecule has 0 aliphatic heterocycles. The number of benzene rings is 1. The first-order valence-electron chi connectivity index (χ1n) is 6.14. The van der Waals surface area contributed by atoms with E-state index in [1.54, 1.807) is 6.07 Å².